The van der Waals surface area contributed by atoms with Crippen LogP contribution in [0.25, 0.3) is 0 Å². The lowest BCUT2D eigenvalue weighted by Crippen LogP contribution is -2.57. The van der Waals surface area contributed by atoms with E-state index in [1.807, 2.05) is 0 Å². The van der Waals surface area contributed by atoms with Crippen molar-refractivity contribution in [3.63, 3.8) is 0 Å². The summed E-state index contributed by atoms with van der Waals surface area (Å²) >= 11 is 0. The monoisotopic (exact) mass is 268 g/mol. The van der Waals surface area contributed by atoms with Crippen molar-refractivity contribution in [2.45, 2.75) is 39.2 Å². The topological polar surface area (TPSA) is 49.9 Å². The Morgan fingerprint density at radius 3 is 2.84 bits per heavy atom. The van der Waals surface area contributed by atoms with Crippen molar-refractivity contribution in [2.75, 3.05) is 32.8 Å². The maximum Gasteiger partial charge on any atom is 0.245 e. The van der Waals surface area contributed by atoms with Crippen molar-refractivity contribution in [2.24, 2.45) is 5.92 Å². The van der Waals surface area contributed by atoms with Crippen LogP contribution in [0.15, 0.2) is 0 Å². The van der Waals surface area contributed by atoms with E-state index < -0.39 is 0 Å². The highest BCUT2D eigenvalue weighted by Gasteiger charge is 2.41. The normalized spacial score (nSPS) is 23.4. The van der Waals surface area contributed by atoms with E-state index in [1.54, 1.807) is 9.80 Å². The summed E-state index contributed by atoms with van der Waals surface area (Å²) in [6.45, 7) is 7.07. The number of carbonyl (C=O) groups is 2. The lowest BCUT2D eigenvalue weighted by Gasteiger charge is -2.36. The van der Waals surface area contributed by atoms with E-state index in [2.05, 4.69) is 13.8 Å². The van der Waals surface area contributed by atoms with E-state index in [0.29, 0.717) is 19.1 Å². The van der Waals surface area contributed by atoms with Crippen LogP contribution in [0.3, 0.4) is 0 Å². The van der Waals surface area contributed by atoms with Gasteiger partial charge in [0.1, 0.15) is 6.04 Å². The molecule has 0 saturated carbocycles. The Kier molecular flexibility index (Phi) is 4.80. The Bertz CT molecular complexity index is 344. The maximum absolute atomic E-state index is 12.2. The van der Waals surface area contributed by atoms with E-state index in [4.69, 9.17) is 4.74 Å². The van der Waals surface area contributed by atoms with Gasteiger partial charge in [-0.15, -0.1) is 0 Å². The molecule has 5 heteroatoms. The molecule has 2 rings (SSSR count). The quantitative estimate of drug-likeness (QED) is 0.672. The van der Waals surface area contributed by atoms with Crippen LogP contribution in [0.5, 0.6) is 0 Å². The molecule has 2 amide bonds. The van der Waals surface area contributed by atoms with Crippen LogP contribution in [0.4, 0.5) is 0 Å². The Morgan fingerprint density at radius 2 is 2.11 bits per heavy atom. The fraction of sp³-hybridized carbons (Fsp3) is 0.857. The van der Waals surface area contributed by atoms with Crippen molar-refractivity contribution >= 4 is 11.8 Å². The molecule has 0 bridgehead atoms. The van der Waals surface area contributed by atoms with E-state index in [1.165, 1.54) is 0 Å². The molecule has 2 heterocycles. The molecule has 0 aliphatic carbocycles. The third kappa shape index (κ3) is 3.47. The van der Waals surface area contributed by atoms with Gasteiger partial charge in [-0.2, -0.15) is 0 Å². The fourth-order valence-electron chi connectivity index (χ4n) is 2.65. The maximum atomic E-state index is 12.2. The summed E-state index contributed by atoms with van der Waals surface area (Å²) in [4.78, 5) is 27.5. The Balaban J connectivity index is 1.74. The van der Waals surface area contributed by atoms with Gasteiger partial charge in [0.15, 0.2) is 0 Å². The van der Waals surface area contributed by atoms with E-state index in [0.717, 1.165) is 32.4 Å². The number of amides is 2. The summed E-state index contributed by atoms with van der Waals surface area (Å²) in [5.74, 6) is 0.819. The molecule has 2 saturated heterocycles. The van der Waals surface area contributed by atoms with Gasteiger partial charge in [0.2, 0.25) is 11.8 Å². The molecule has 1 unspecified atom stereocenters. The summed E-state index contributed by atoms with van der Waals surface area (Å²) in [7, 11) is 0. The van der Waals surface area contributed by atoms with Crippen molar-refractivity contribution in [1.29, 1.82) is 0 Å². The van der Waals surface area contributed by atoms with Crippen LogP contribution in [-0.4, -0.2) is 60.5 Å². The summed E-state index contributed by atoms with van der Waals surface area (Å²) in [5.41, 5.74) is 0. The highest BCUT2D eigenvalue weighted by molar-refractivity contribution is 5.95. The van der Waals surface area contributed by atoms with Gasteiger partial charge >= 0.3 is 0 Å². The Hall–Kier alpha value is -1.10. The molecule has 1 atom stereocenters. The molecule has 2 aliphatic rings. The highest BCUT2D eigenvalue weighted by Crippen LogP contribution is 2.23. The van der Waals surface area contributed by atoms with Gasteiger partial charge in [0.05, 0.1) is 13.2 Å². The van der Waals surface area contributed by atoms with E-state index in [9.17, 15) is 9.59 Å². The van der Waals surface area contributed by atoms with Gasteiger partial charge in [-0.05, 0) is 25.2 Å². The number of nitrogens with zero attached hydrogens (tertiary/aromatic N) is 2. The van der Waals surface area contributed by atoms with Gasteiger partial charge < -0.3 is 14.5 Å². The number of rotatable bonds is 6. The number of hydrogen-bond acceptors (Lipinski definition) is 3. The summed E-state index contributed by atoms with van der Waals surface area (Å²) in [5, 5.41) is 0. The Morgan fingerprint density at radius 1 is 1.32 bits per heavy atom. The van der Waals surface area contributed by atoms with E-state index >= 15 is 0 Å². The smallest absolute Gasteiger partial charge is 0.245 e. The molecule has 108 valence electrons. The van der Waals surface area contributed by atoms with Gasteiger partial charge in [0, 0.05) is 19.7 Å². The number of ether oxygens (including phenoxy) is 1. The molecule has 2 fully saturated rings. The predicted octanol–water partition coefficient (Wildman–Crippen LogP) is 0.882. The minimum atomic E-state index is -0.197. The number of carbonyl (C=O) groups excluding carboxylic acids is 2. The molecule has 0 aromatic heterocycles. The molecular weight excluding hydrogens is 244 g/mol. The summed E-state index contributed by atoms with van der Waals surface area (Å²) in [6.07, 6.45) is 2.79. The fourth-order valence-corrected chi connectivity index (χ4v) is 2.65. The predicted molar refractivity (Wildman–Crippen MR) is 71.6 cm³/mol. The van der Waals surface area contributed by atoms with Crippen LogP contribution >= 0.6 is 0 Å². The first-order chi connectivity index (χ1) is 9.09. The molecule has 19 heavy (non-hydrogen) atoms. The van der Waals surface area contributed by atoms with Crippen molar-refractivity contribution in [3.05, 3.63) is 0 Å². The van der Waals surface area contributed by atoms with Crippen molar-refractivity contribution in [3.8, 4) is 0 Å². The van der Waals surface area contributed by atoms with Crippen LogP contribution in [0, 0.1) is 5.92 Å². The first kappa shape index (κ1) is 14.3. The number of fused-ring (bicyclic) bond motifs is 1. The molecule has 5 nitrogen and oxygen atoms in total. The van der Waals surface area contributed by atoms with Crippen LogP contribution in [0.1, 0.15) is 33.1 Å². The van der Waals surface area contributed by atoms with Gasteiger partial charge in [0.25, 0.3) is 0 Å². The van der Waals surface area contributed by atoms with Gasteiger partial charge in [-0.25, -0.2) is 0 Å². The minimum Gasteiger partial charge on any atom is -0.380 e. The average Bonchev–Trinajstić information content (AvgIpc) is 2.84. The SMILES string of the molecule is CC(C)CCOCCN1CC(=O)N2CCCC2C1=O. The second-order valence-electron chi connectivity index (χ2n) is 5.80. The molecule has 0 aromatic carbocycles. The lowest BCUT2D eigenvalue weighted by atomic mass is 10.1. The largest absolute Gasteiger partial charge is 0.380 e. The highest BCUT2D eigenvalue weighted by atomic mass is 16.5. The van der Waals surface area contributed by atoms with Crippen LogP contribution < -0.4 is 0 Å². The second-order valence-corrected chi connectivity index (χ2v) is 5.80. The first-order valence-corrected chi connectivity index (χ1v) is 7.25. The number of piperazine rings is 1. The zero-order valence-electron chi connectivity index (χ0n) is 11.9. The van der Waals surface area contributed by atoms with Gasteiger partial charge in [-0.1, -0.05) is 13.8 Å². The van der Waals surface area contributed by atoms with Crippen LogP contribution in [0.2, 0.25) is 0 Å². The van der Waals surface area contributed by atoms with Crippen LogP contribution in [-0.2, 0) is 14.3 Å². The number of hydrogen-bond donors (Lipinski definition) is 0. The van der Waals surface area contributed by atoms with Gasteiger partial charge in [-0.3, -0.25) is 9.59 Å². The second kappa shape index (κ2) is 6.37. The standard InChI is InChI=1S/C14H24N2O3/c1-11(2)5-8-19-9-7-15-10-13(17)16-6-3-4-12(16)14(15)18/h11-12H,3-10H2,1-2H3. The third-order valence-electron chi connectivity index (χ3n) is 3.84. The molecule has 0 N–H and O–H groups in total. The third-order valence-corrected chi connectivity index (χ3v) is 3.84. The molecule has 0 spiro atoms. The molecule has 0 radical (unpaired) electrons. The first-order valence-electron chi connectivity index (χ1n) is 7.25. The zero-order chi connectivity index (χ0) is 13.8. The van der Waals surface area contributed by atoms with E-state index in [-0.39, 0.29) is 24.4 Å². The van der Waals surface area contributed by atoms with Crippen molar-refractivity contribution in [1.82, 2.24) is 9.80 Å². The van der Waals surface area contributed by atoms with Crippen molar-refractivity contribution < 1.29 is 14.3 Å². The average molecular weight is 268 g/mol. The lowest BCUT2D eigenvalue weighted by molar-refractivity contribution is -0.154. The Labute approximate surface area is 114 Å². The molecular formula is C14H24N2O3. The molecule has 0 aromatic rings. The summed E-state index contributed by atoms with van der Waals surface area (Å²) in [6, 6.07) is -0.197. The minimum absolute atomic E-state index is 0.0873. The summed E-state index contributed by atoms with van der Waals surface area (Å²) < 4.78 is 5.52. The molecule has 2 aliphatic heterocycles. The zero-order valence-corrected chi connectivity index (χ0v) is 11.9.